The zero-order valence-corrected chi connectivity index (χ0v) is 13.5. The summed E-state index contributed by atoms with van der Waals surface area (Å²) >= 11 is 0. The van der Waals surface area contributed by atoms with Crippen LogP contribution in [0.2, 0.25) is 0 Å². The van der Waals surface area contributed by atoms with Gasteiger partial charge in [-0.25, -0.2) is 0 Å². The maximum absolute atomic E-state index is 10.6. The molecule has 2 saturated carbocycles. The van der Waals surface area contributed by atoms with E-state index < -0.39 is 5.97 Å². The Kier molecular flexibility index (Phi) is 6.76. The summed E-state index contributed by atoms with van der Waals surface area (Å²) in [5.74, 6) is -0.690. The highest BCUT2D eigenvalue weighted by molar-refractivity contribution is 5.85. The first kappa shape index (κ1) is 17.7. The molecule has 2 aliphatic carbocycles. The van der Waals surface area contributed by atoms with Gasteiger partial charge in [0.25, 0.3) is 0 Å². The molecule has 0 amide bonds. The molecular formula is C15H28ClNO3. The van der Waals surface area contributed by atoms with Gasteiger partial charge in [-0.15, -0.1) is 12.4 Å². The number of nitrogens with zero attached hydrogens (tertiary/aromatic N) is 1. The number of hydrogen-bond acceptors (Lipinski definition) is 3. The lowest BCUT2D eigenvalue weighted by atomic mass is 9.60. The van der Waals surface area contributed by atoms with E-state index in [4.69, 9.17) is 9.84 Å². The van der Waals surface area contributed by atoms with Crippen LogP contribution in [-0.2, 0) is 9.53 Å². The highest BCUT2D eigenvalue weighted by atomic mass is 35.5. The van der Waals surface area contributed by atoms with Crippen LogP contribution >= 0.6 is 12.4 Å². The van der Waals surface area contributed by atoms with Gasteiger partial charge in [-0.1, -0.05) is 12.8 Å². The first-order chi connectivity index (χ1) is 9.10. The van der Waals surface area contributed by atoms with Crippen LogP contribution in [0, 0.1) is 5.41 Å². The van der Waals surface area contributed by atoms with Gasteiger partial charge < -0.3 is 14.7 Å². The number of carboxylic acid groups (broad SMARTS) is 1. The summed E-state index contributed by atoms with van der Waals surface area (Å²) in [6.45, 7) is 3.77. The Balaban J connectivity index is 0.00000200. The van der Waals surface area contributed by atoms with Crippen molar-refractivity contribution in [1.82, 2.24) is 4.90 Å². The van der Waals surface area contributed by atoms with Crippen LogP contribution in [0.5, 0.6) is 0 Å². The molecule has 1 spiro atoms. The summed E-state index contributed by atoms with van der Waals surface area (Å²) in [5.41, 5.74) is 0.369. The SMILES string of the molecule is CCOC1CC(N(C)CCCC(=O)O)C12CCCC2.Cl. The van der Waals surface area contributed by atoms with Gasteiger partial charge in [-0.3, -0.25) is 4.79 Å². The maximum atomic E-state index is 10.6. The number of carboxylic acids is 1. The van der Waals surface area contributed by atoms with Crippen molar-refractivity contribution in [2.45, 2.75) is 64.0 Å². The first-order valence-electron chi connectivity index (χ1n) is 7.64. The van der Waals surface area contributed by atoms with Gasteiger partial charge in [0.2, 0.25) is 0 Å². The minimum Gasteiger partial charge on any atom is -0.481 e. The summed E-state index contributed by atoms with van der Waals surface area (Å²) in [6.07, 6.45) is 7.80. The van der Waals surface area contributed by atoms with Gasteiger partial charge in [0, 0.05) is 24.5 Å². The molecule has 0 aromatic rings. The van der Waals surface area contributed by atoms with Gasteiger partial charge >= 0.3 is 5.97 Å². The van der Waals surface area contributed by atoms with Gasteiger partial charge in [0.15, 0.2) is 0 Å². The summed E-state index contributed by atoms with van der Waals surface area (Å²) in [5, 5.41) is 8.71. The summed E-state index contributed by atoms with van der Waals surface area (Å²) < 4.78 is 5.92. The largest absolute Gasteiger partial charge is 0.481 e. The Morgan fingerprint density at radius 2 is 2.05 bits per heavy atom. The van der Waals surface area contributed by atoms with E-state index in [1.165, 1.54) is 25.7 Å². The number of ether oxygens (including phenoxy) is 1. The molecule has 0 saturated heterocycles. The zero-order valence-electron chi connectivity index (χ0n) is 12.6. The Labute approximate surface area is 128 Å². The van der Waals surface area contributed by atoms with Crippen molar-refractivity contribution in [3.05, 3.63) is 0 Å². The van der Waals surface area contributed by atoms with Crippen LogP contribution in [-0.4, -0.2) is 48.3 Å². The molecule has 2 rings (SSSR count). The molecule has 118 valence electrons. The number of halogens is 1. The van der Waals surface area contributed by atoms with Crippen LogP contribution in [0.1, 0.15) is 51.9 Å². The van der Waals surface area contributed by atoms with E-state index in [9.17, 15) is 4.79 Å². The lowest BCUT2D eigenvalue weighted by molar-refractivity contribution is -0.160. The van der Waals surface area contributed by atoms with E-state index in [-0.39, 0.29) is 18.8 Å². The van der Waals surface area contributed by atoms with E-state index in [0.29, 0.717) is 17.6 Å². The normalized spacial score (nSPS) is 27.4. The number of carbonyl (C=O) groups is 1. The molecule has 0 aliphatic heterocycles. The van der Waals surface area contributed by atoms with E-state index in [1.54, 1.807) is 0 Å². The molecular weight excluding hydrogens is 278 g/mol. The van der Waals surface area contributed by atoms with E-state index in [2.05, 4.69) is 18.9 Å². The fraction of sp³-hybridized carbons (Fsp3) is 0.933. The van der Waals surface area contributed by atoms with Crippen molar-refractivity contribution in [1.29, 1.82) is 0 Å². The Bertz CT molecular complexity index is 318. The van der Waals surface area contributed by atoms with Crippen LogP contribution in [0.3, 0.4) is 0 Å². The lowest BCUT2D eigenvalue weighted by Gasteiger charge is -2.57. The van der Waals surface area contributed by atoms with Crippen LogP contribution in [0.4, 0.5) is 0 Å². The van der Waals surface area contributed by atoms with Crippen LogP contribution in [0.15, 0.2) is 0 Å². The second-order valence-electron chi connectivity index (χ2n) is 6.11. The third kappa shape index (κ3) is 3.46. The summed E-state index contributed by atoms with van der Waals surface area (Å²) in [4.78, 5) is 13.0. The number of aliphatic carboxylic acids is 1. The third-order valence-electron chi connectivity index (χ3n) is 5.08. The molecule has 2 unspecified atom stereocenters. The molecule has 4 nitrogen and oxygen atoms in total. The summed E-state index contributed by atoms with van der Waals surface area (Å²) in [6, 6.07) is 0.598. The fourth-order valence-electron chi connectivity index (χ4n) is 4.10. The van der Waals surface area contributed by atoms with Gasteiger partial charge in [0.1, 0.15) is 0 Å². The smallest absolute Gasteiger partial charge is 0.303 e. The lowest BCUT2D eigenvalue weighted by Crippen LogP contribution is -2.63. The van der Waals surface area contributed by atoms with Gasteiger partial charge in [-0.2, -0.15) is 0 Å². The standard InChI is InChI=1S/C15H27NO3.ClH/c1-3-19-13-11-12(15(13)8-4-5-9-15)16(2)10-6-7-14(17)18;/h12-13H,3-11H2,1-2H3,(H,17,18);1H. The average molecular weight is 306 g/mol. The molecule has 2 aliphatic rings. The van der Waals surface area contributed by atoms with Crippen molar-refractivity contribution in [2.75, 3.05) is 20.2 Å². The molecule has 2 fully saturated rings. The molecule has 0 bridgehead atoms. The van der Waals surface area contributed by atoms with Crippen molar-refractivity contribution < 1.29 is 14.6 Å². The number of hydrogen-bond donors (Lipinski definition) is 1. The minimum atomic E-state index is -0.690. The molecule has 0 aromatic carbocycles. The van der Waals surface area contributed by atoms with Crippen LogP contribution < -0.4 is 0 Å². The molecule has 5 heteroatoms. The molecule has 1 N–H and O–H groups in total. The monoisotopic (exact) mass is 305 g/mol. The van der Waals surface area contributed by atoms with Gasteiger partial charge in [-0.05, 0) is 46.2 Å². The van der Waals surface area contributed by atoms with Gasteiger partial charge in [0.05, 0.1) is 6.10 Å². The van der Waals surface area contributed by atoms with E-state index in [1.807, 2.05) is 0 Å². The average Bonchev–Trinajstić information content (AvgIpc) is 2.85. The highest BCUT2D eigenvalue weighted by Gasteiger charge is 2.57. The van der Waals surface area contributed by atoms with Crippen molar-refractivity contribution in [2.24, 2.45) is 5.41 Å². The quantitative estimate of drug-likeness (QED) is 0.785. The summed E-state index contributed by atoms with van der Waals surface area (Å²) in [7, 11) is 2.15. The molecule has 20 heavy (non-hydrogen) atoms. The molecule has 0 radical (unpaired) electrons. The Morgan fingerprint density at radius 1 is 1.40 bits per heavy atom. The van der Waals surface area contributed by atoms with Crippen molar-refractivity contribution in [3.63, 3.8) is 0 Å². The second kappa shape index (κ2) is 7.62. The molecule has 2 atom stereocenters. The predicted octanol–water partition coefficient (Wildman–Crippen LogP) is 2.94. The minimum absolute atomic E-state index is 0. The van der Waals surface area contributed by atoms with Crippen LogP contribution in [0.25, 0.3) is 0 Å². The first-order valence-corrected chi connectivity index (χ1v) is 7.64. The number of rotatable bonds is 7. The Morgan fingerprint density at radius 3 is 2.60 bits per heavy atom. The predicted molar refractivity (Wildman–Crippen MR) is 81.5 cm³/mol. The molecule has 0 heterocycles. The van der Waals surface area contributed by atoms with E-state index >= 15 is 0 Å². The highest BCUT2D eigenvalue weighted by Crippen LogP contribution is 2.56. The van der Waals surface area contributed by atoms with Crippen molar-refractivity contribution in [3.8, 4) is 0 Å². The fourth-order valence-corrected chi connectivity index (χ4v) is 4.10. The third-order valence-corrected chi connectivity index (χ3v) is 5.08. The maximum Gasteiger partial charge on any atom is 0.303 e. The van der Waals surface area contributed by atoms with E-state index in [0.717, 1.165) is 26.0 Å². The van der Waals surface area contributed by atoms with Crippen molar-refractivity contribution >= 4 is 18.4 Å². The topological polar surface area (TPSA) is 49.8 Å². The zero-order chi connectivity index (χ0) is 13.9. The molecule has 0 aromatic heterocycles. The Hall–Kier alpha value is -0.320. The second-order valence-corrected chi connectivity index (χ2v) is 6.11.